The third-order valence-electron chi connectivity index (χ3n) is 5.74. The monoisotopic (exact) mass is 558 g/mol. The van der Waals surface area contributed by atoms with E-state index >= 15 is 0 Å². The fourth-order valence-corrected chi connectivity index (χ4v) is 3.74. The first-order valence-electron chi connectivity index (χ1n) is 12.9. The van der Waals surface area contributed by atoms with Crippen molar-refractivity contribution in [3.8, 4) is 23.0 Å². The van der Waals surface area contributed by atoms with E-state index in [1.807, 2.05) is 60.7 Å². The summed E-state index contributed by atoms with van der Waals surface area (Å²) in [7, 11) is 0. The zero-order valence-electron chi connectivity index (χ0n) is 22.2. The summed E-state index contributed by atoms with van der Waals surface area (Å²) in [5.74, 6) is -0.715. The van der Waals surface area contributed by atoms with Crippen LogP contribution in [-0.4, -0.2) is 48.6 Å². The van der Waals surface area contributed by atoms with Gasteiger partial charge < -0.3 is 33.9 Å². The standard InChI is InChI=1S/C32H30O9/c33-31(34)25-15-27(19-29(17-25)40-21-23-7-3-1-4-8-23)38-13-11-37-12-14-39-28-16-26(32(35)36)18-30(20-28)41-22-24-9-5-2-6-10-24/h1-10,15-20H,11-14,21-22H2,(H,33,34)(H,35,36). The molecule has 0 aliphatic carbocycles. The Kier molecular flexibility index (Phi) is 10.6. The highest BCUT2D eigenvalue weighted by molar-refractivity contribution is 5.89. The van der Waals surface area contributed by atoms with Gasteiger partial charge in [-0.2, -0.15) is 0 Å². The van der Waals surface area contributed by atoms with Crippen LogP contribution in [0.3, 0.4) is 0 Å². The van der Waals surface area contributed by atoms with Gasteiger partial charge in [0, 0.05) is 12.1 Å². The maximum absolute atomic E-state index is 11.5. The lowest BCUT2D eigenvalue weighted by Crippen LogP contribution is -2.12. The predicted molar refractivity (Wildman–Crippen MR) is 150 cm³/mol. The summed E-state index contributed by atoms with van der Waals surface area (Å²) < 4.78 is 28.4. The van der Waals surface area contributed by atoms with Gasteiger partial charge in [0.15, 0.2) is 0 Å². The lowest BCUT2D eigenvalue weighted by Gasteiger charge is -2.13. The van der Waals surface area contributed by atoms with E-state index in [0.717, 1.165) is 11.1 Å². The maximum atomic E-state index is 11.5. The van der Waals surface area contributed by atoms with Crippen LogP contribution in [-0.2, 0) is 18.0 Å². The van der Waals surface area contributed by atoms with E-state index in [4.69, 9.17) is 23.7 Å². The van der Waals surface area contributed by atoms with Crippen LogP contribution in [0.5, 0.6) is 23.0 Å². The highest BCUT2D eigenvalue weighted by atomic mass is 16.5. The van der Waals surface area contributed by atoms with E-state index in [0.29, 0.717) is 36.2 Å². The van der Waals surface area contributed by atoms with E-state index in [-0.39, 0.29) is 37.6 Å². The van der Waals surface area contributed by atoms with Crippen molar-refractivity contribution in [1.29, 1.82) is 0 Å². The Hall–Kier alpha value is -5.02. The molecule has 0 heterocycles. The molecule has 0 amide bonds. The second-order valence-corrected chi connectivity index (χ2v) is 8.85. The number of aromatic carboxylic acids is 2. The topological polar surface area (TPSA) is 121 Å². The molecule has 0 aliphatic rings. The highest BCUT2D eigenvalue weighted by Gasteiger charge is 2.11. The SMILES string of the molecule is O=C(O)c1cc(OCCOCCOc2cc(OCc3ccccc3)cc(C(=O)O)c2)cc(OCc2ccccc2)c1. The van der Waals surface area contributed by atoms with E-state index < -0.39 is 11.9 Å². The van der Waals surface area contributed by atoms with Gasteiger partial charge in [0.05, 0.1) is 24.3 Å². The largest absolute Gasteiger partial charge is 0.491 e. The molecule has 0 saturated heterocycles. The van der Waals surface area contributed by atoms with Crippen molar-refractivity contribution >= 4 is 11.9 Å². The molecule has 9 nitrogen and oxygen atoms in total. The Morgan fingerprint density at radius 3 is 1.22 bits per heavy atom. The van der Waals surface area contributed by atoms with Crippen LogP contribution in [0.25, 0.3) is 0 Å². The minimum atomic E-state index is -1.09. The molecular formula is C32H30O9. The number of rotatable bonds is 16. The number of hydrogen-bond acceptors (Lipinski definition) is 7. The number of carbonyl (C=O) groups is 2. The fourth-order valence-electron chi connectivity index (χ4n) is 3.74. The minimum absolute atomic E-state index is 0.0515. The molecule has 212 valence electrons. The summed E-state index contributed by atoms with van der Waals surface area (Å²) in [5.41, 5.74) is 2.01. The summed E-state index contributed by atoms with van der Waals surface area (Å²) in [5, 5.41) is 18.9. The lowest BCUT2D eigenvalue weighted by molar-refractivity contribution is 0.0685. The van der Waals surface area contributed by atoms with Gasteiger partial charge in [0.2, 0.25) is 0 Å². The van der Waals surface area contributed by atoms with Crippen LogP contribution in [0.2, 0.25) is 0 Å². The molecular weight excluding hydrogens is 528 g/mol. The van der Waals surface area contributed by atoms with Gasteiger partial charge >= 0.3 is 11.9 Å². The van der Waals surface area contributed by atoms with Gasteiger partial charge in [-0.3, -0.25) is 0 Å². The van der Waals surface area contributed by atoms with Gasteiger partial charge in [-0.25, -0.2) is 9.59 Å². The first-order valence-corrected chi connectivity index (χ1v) is 12.9. The molecule has 0 bridgehead atoms. The average molecular weight is 559 g/mol. The Morgan fingerprint density at radius 1 is 0.488 bits per heavy atom. The molecule has 0 radical (unpaired) electrons. The molecule has 0 unspecified atom stereocenters. The van der Waals surface area contributed by atoms with Crippen LogP contribution in [0.15, 0.2) is 97.1 Å². The third kappa shape index (κ3) is 9.59. The zero-order chi connectivity index (χ0) is 28.9. The van der Waals surface area contributed by atoms with Gasteiger partial charge in [-0.05, 0) is 35.4 Å². The summed E-state index contributed by atoms with van der Waals surface area (Å²) >= 11 is 0. The smallest absolute Gasteiger partial charge is 0.335 e. The molecule has 0 aromatic heterocycles. The van der Waals surface area contributed by atoms with Crippen molar-refractivity contribution in [2.24, 2.45) is 0 Å². The highest BCUT2D eigenvalue weighted by Crippen LogP contribution is 2.25. The van der Waals surface area contributed by atoms with Crippen LogP contribution < -0.4 is 18.9 Å². The zero-order valence-corrected chi connectivity index (χ0v) is 22.2. The van der Waals surface area contributed by atoms with Crippen LogP contribution in [0, 0.1) is 0 Å². The quantitative estimate of drug-likeness (QED) is 0.166. The summed E-state index contributed by atoms with van der Waals surface area (Å²) in [6.07, 6.45) is 0. The summed E-state index contributed by atoms with van der Waals surface area (Å²) in [4.78, 5) is 23.1. The molecule has 4 aromatic rings. The van der Waals surface area contributed by atoms with Crippen LogP contribution >= 0.6 is 0 Å². The minimum Gasteiger partial charge on any atom is -0.491 e. The number of ether oxygens (including phenoxy) is 5. The molecule has 0 spiro atoms. The number of carboxylic acid groups (broad SMARTS) is 2. The fraction of sp³-hybridized carbons (Fsp3) is 0.188. The molecule has 0 saturated carbocycles. The molecule has 0 aliphatic heterocycles. The number of carboxylic acids is 2. The predicted octanol–water partition coefficient (Wildman–Crippen LogP) is 5.72. The molecule has 2 N–H and O–H groups in total. The lowest BCUT2D eigenvalue weighted by atomic mass is 10.2. The van der Waals surface area contributed by atoms with E-state index in [1.165, 1.54) is 24.3 Å². The van der Waals surface area contributed by atoms with E-state index in [1.54, 1.807) is 12.1 Å². The Balaban J connectivity index is 1.22. The van der Waals surface area contributed by atoms with Crippen LogP contribution in [0.4, 0.5) is 0 Å². The second-order valence-electron chi connectivity index (χ2n) is 8.85. The molecule has 4 rings (SSSR count). The normalized spacial score (nSPS) is 10.5. The van der Waals surface area contributed by atoms with Crippen molar-refractivity contribution in [2.75, 3.05) is 26.4 Å². The summed E-state index contributed by atoms with van der Waals surface area (Å²) in [6, 6.07) is 28.1. The van der Waals surface area contributed by atoms with Crippen molar-refractivity contribution in [3.05, 3.63) is 119 Å². The first-order chi connectivity index (χ1) is 20.0. The second kappa shape index (κ2) is 14.9. The molecule has 0 atom stereocenters. The Bertz CT molecular complexity index is 1310. The van der Waals surface area contributed by atoms with Gasteiger partial charge in [-0.1, -0.05) is 60.7 Å². The van der Waals surface area contributed by atoms with Crippen molar-refractivity contribution in [3.63, 3.8) is 0 Å². The van der Waals surface area contributed by atoms with Crippen molar-refractivity contribution in [2.45, 2.75) is 13.2 Å². The molecule has 0 fully saturated rings. The van der Waals surface area contributed by atoms with E-state index in [2.05, 4.69) is 0 Å². The molecule has 4 aromatic carbocycles. The van der Waals surface area contributed by atoms with Crippen molar-refractivity contribution < 1.29 is 43.5 Å². The maximum Gasteiger partial charge on any atom is 0.335 e. The van der Waals surface area contributed by atoms with Gasteiger partial charge in [-0.15, -0.1) is 0 Å². The van der Waals surface area contributed by atoms with Crippen molar-refractivity contribution in [1.82, 2.24) is 0 Å². The van der Waals surface area contributed by atoms with Gasteiger partial charge in [0.25, 0.3) is 0 Å². The van der Waals surface area contributed by atoms with E-state index in [9.17, 15) is 19.8 Å². The first kappa shape index (κ1) is 29.0. The average Bonchev–Trinajstić information content (AvgIpc) is 2.99. The van der Waals surface area contributed by atoms with Gasteiger partial charge in [0.1, 0.15) is 49.4 Å². The molecule has 9 heteroatoms. The summed E-state index contributed by atoms with van der Waals surface area (Å²) in [6.45, 7) is 1.38. The van der Waals surface area contributed by atoms with Crippen LogP contribution in [0.1, 0.15) is 31.8 Å². The number of hydrogen-bond donors (Lipinski definition) is 2. The Labute approximate surface area is 237 Å². The third-order valence-corrected chi connectivity index (χ3v) is 5.74. The number of benzene rings is 4. The molecule has 41 heavy (non-hydrogen) atoms. The Morgan fingerprint density at radius 2 is 0.854 bits per heavy atom.